The predicted octanol–water partition coefficient (Wildman–Crippen LogP) is 3.46. The molecular formula is C34H41F3I3N5O10. The molecule has 0 radical (unpaired) electrons. The molecule has 55 heavy (non-hydrogen) atoms. The molecule has 4 rings (SSSR count). The second-order valence-electron chi connectivity index (χ2n) is 12.0. The summed E-state index contributed by atoms with van der Waals surface area (Å²) in [7, 11) is 0. The molecule has 0 spiro atoms. The summed E-state index contributed by atoms with van der Waals surface area (Å²) in [5, 5.41) is 36.0. The summed E-state index contributed by atoms with van der Waals surface area (Å²) < 4.78 is 74.6. The zero-order valence-electron chi connectivity index (χ0n) is 29.1. The van der Waals surface area contributed by atoms with E-state index in [0.717, 1.165) is 18.9 Å². The van der Waals surface area contributed by atoms with Crippen molar-refractivity contribution in [3.8, 4) is 17.2 Å². The number of nitrogens with one attached hydrogen (secondary N) is 2. The molecule has 1 saturated heterocycles. The van der Waals surface area contributed by atoms with E-state index in [1.54, 1.807) is 18.2 Å². The van der Waals surface area contributed by atoms with E-state index >= 15 is 0 Å². The first-order chi connectivity index (χ1) is 26.2. The molecule has 0 bridgehead atoms. The lowest BCUT2D eigenvalue weighted by molar-refractivity contribution is -0.161. The van der Waals surface area contributed by atoms with Crippen LogP contribution in [0.4, 0.5) is 19.0 Å². The Bertz CT molecular complexity index is 1660. The van der Waals surface area contributed by atoms with Gasteiger partial charge in [-0.3, -0.25) is 9.78 Å². The summed E-state index contributed by atoms with van der Waals surface area (Å²) in [6.07, 6.45) is -6.24. The second-order valence-corrected chi connectivity index (χ2v) is 15.5. The first-order valence-electron chi connectivity index (χ1n) is 16.8. The number of aromatic nitrogens is 2. The zero-order valence-corrected chi connectivity index (χ0v) is 35.6. The van der Waals surface area contributed by atoms with Crippen molar-refractivity contribution in [2.75, 3.05) is 71.3 Å². The van der Waals surface area contributed by atoms with Gasteiger partial charge >= 0.3 is 6.18 Å². The molecule has 21 heteroatoms. The highest BCUT2D eigenvalue weighted by atomic mass is 127. The van der Waals surface area contributed by atoms with Crippen LogP contribution in [-0.4, -0.2) is 128 Å². The Hall–Kier alpha value is -1.95. The fraction of sp³-hybridized carbons (Fsp3) is 0.500. The summed E-state index contributed by atoms with van der Waals surface area (Å²) in [6, 6.07) is 7.21. The maximum Gasteiger partial charge on any atom is 0.434 e. The summed E-state index contributed by atoms with van der Waals surface area (Å²) in [4.78, 5) is 19.5. The van der Waals surface area contributed by atoms with Gasteiger partial charge in [0.05, 0.1) is 94.6 Å². The Balaban J connectivity index is 0.981. The molecule has 2 heterocycles. The number of benzene rings is 2. The van der Waals surface area contributed by atoms with Crippen LogP contribution in [-0.2, 0) is 41.1 Å². The molecule has 1 aliphatic rings. The zero-order chi connectivity index (χ0) is 40.0. The molecular weight excluding hydrogens is 1080 g/mol. The average molecular weight is 1120 g/mol. The van der Waals surface area contributed by atoms with E-state index in [-0.39, 0.29) is 57.1 Å². The van der Waals surface area contributed by atoms with Gasteiger partial charge in [0.1, 0.15) is 35.6 Å². The van der Waals surface area contributed by atoms with Gasteiger partial charge in [0.15, 0.2) is 11.4 Å². The molecule has 0 aliphatic carbocycles. The normalized spacial score (nSPS) is 19.2. The van der Waals surface area contributed by atoms with Crippen molar-refractivity contribution in [3.05, 3.63) is 64.7 Å². The molecule has 1 aromatic heterocycles. The summed E-state index contributed by atoms with van der Waals surface area (Å²) in [5.74, 6) is 0.967. The SMILES string of the molecule is N[C@H](Cc1cc(I)c(Oc2ccc(O)c(I)c2)c(I)c1)C(=O)NCCOCCOCCOCCOC[C@H]1OC[C@H](Nc2cncc(C(F)(F)F)n2)[C@@H](O)[C@H]1O. The van der Waals surface area contributed by atoms with Gasteiger partial charge < -0.3 is 60.1 Å². The molecule has 1 amide bonds. The van der Waals surface area contributed by atoms with E-state index in [9.17, 15) is 33.3 Å². The minimum atomic E-state index is -4.68. The van der Waals surface area contributed by atoms with Crippen LogP contribution in [0.5, 0.6) is 17.2 Å². The van der Waals surface area contributed by atoms with Gasteiger partial charge in [0.2, 0.25) is 5.91 Å². The molecule has 0 saturated carbocycles. The number of aliphatic hydroxyl groups is 2. The number of carbonyl (C=O) groups excluding carboxylic acids is 1. The van der Waals surface area contributed by atoms with E-state index in [4.69, 9.17) is 34.2 Å². The van der Waals surface area contributed by atoms with Crippen LogP contribution >= 0.6 is 67.8 Å². The van der Waals surface area contributed by atoms with Crippen molar-refractivity contribution < 1.29 is 61.7 Å². The van der Waals surface area contributed by atoms with Crippen molar-refractivity contribution in [2.45, 2.75) is 43.0 Å². The number of nitrogens with zero attached hydrogens (tertiary/aromatic N) is 2. The quantitative estimate of drug-likeness (QED) is 0.0668. The number of aromatic hydroxyl groups is 1. The minimum absolute atomic E-state index is 0.0379. The monoisotopic (exact) mass is 1120 g/mol. The fourth-order valence-electron chi connectivity index (χ4n) is 5.00. The van der Waals surface area contributed by atoms with Crippen LogP contribution in [0.1, 0.15) is 11.3 Å². The maximum absolute atomic E-state index is 12.9. The standard InChI is InChI=1S/C34H41F3I3N5O10/c35-34(36,37)28-15-42-16-29(45-28)44-25-17-54-27(31(48)30(25)47)18-53-10-9-52-8-7-51-6-5-50-4-3-43-33(49)24(41)13-19-11-22(39)32(23(40)12-19)55-20-1-2-26(46)21(38)14-20/h1-2,11-12,14-16,24-25,27,30-31,46-48H,3-10,13,17-18,41H2,(H,43,49)(H,44,45)/t24-,25+,27-,30-,31+/m1/s1. The van der Waals surface area contributed by atoms with Crippen LogP contribution in [0.15, 0.2) is 42.7 Å². The van der Waals surface area contributed by atoms with Gasteiger partial charge in [0, 0.05) is 6.54 Å². The Labute approximate surface area is 355 Å². The van der Waals surface area contributed by atoms with Crippen molar-refractivity contribution in [1.29, 1.82) is 0 Å². The number of hydrogen-bond donors (Lipinski definition) is 6. The van der Waals surface area contributed by atoms with Crippen molar-refractivity contribution in [2.24, 2.45) is 5.73 Å². The van der Waals surface area contributed by atoms with E-state index in [1.807, 2.05) is 34.7 Å². The summed E-state index contributed by atoms with van der Waals surface area (Å²) in [6.45, 7) is 2.11. The predicted molar refractivity (Wildman–Crippen MR) is 217 cm³/mol. The number of hydrogen-bond acceptors (Lipinski definition) is 14. The summed E-state index contributed by atoms with van der Waals surface area (Å²) >= 11 is 6.40. The van der Waals surface area contributed by atoms with E-state index in [2.05, 4.69) is 65.8 Å². The number of phenols is 1. The highest BCUT2D eigenvalue weighted by Crippen LogP contribution is 2.35. The molecule has 1 fully saturated rings. The first kappa shape index (κ1) is 45.7. The molecule has 5 atom stereocenters. The van der Waals surface area contributed by atoms with E-state index in [1.165, 1.54) is 0 Å². The van der Waals surface area contributed by atoms with Crippen LogP contribution in [0.2, 0.25) is 0 Å². The minimum Gasteiger partial charge on any atom is -0.507 e. The van der Waals surface area contributed by atoms with Gasteiger partial charge in [-0.05, 0) is 110 Å². The number of nitrogens with two attached hydrogens (primary N) is 1. The third-order valence-electron chi connectivity index (χ3n) is 7.82. The summed E-state index contributed by atoms with van der Waals surface area (Å²) in [5.41, 5.74) is 5.87. The van der Waals surface area contributed by atoms with Crippen LogP contribution in [0.25, 0.3) is 0 Å². The molecule has 15 nitrogen and oxygen atoms in total. The number of alkyl halides is 3. The number of aliphatic hydroxyl groups excluding tert-OH is 2. The Morgan fingerprint density at radius 3 is 2.20 bits per heavy atom. The van der Waals surface area contributed by atoms with Gasteiger partial charge in [-0.25, -0.2) is 4.98 Å². The lowest BCUT2D eigenvalue weighted by Crippen LogP contribution is -2.57. The molecule has 0 unspecified atom stereocenters. The van der Waals surface area contributed by atoms with Crippen molar-refractivity contribution >= 4 is 79.5 Å². The molecule has 2 aromatic carbocycles. The second kappa shape index (κ2) is 22.8. The van der Waals surface area contributed by atoms with Gasteiger partial charge in [-0.15, -0.1) is 0 Å². The first-order valence-corrected chi connectivity index (χ1v) is 20.1. The van der Waals surface area contributed by atoms with E-state index in [0.29, 0.717) is 54.1 Å². The van der Waals surface area contributed by atoms with Gasteiger partial charge in [-0.1, -0.05) is 0 Å². The topological polar surface area (TPSA) is 209 Å². The molecule has 3 aromatic rings. The maximum atomic E-state index is 12.9. The number of carbonyl (C=O) groups is 1. The lowest BCUT2D eigenvalue weighted by atomic mass is 9.98. The fourth-order valence-corrected chi connectivity index (χ4v) is 7.60. The van der Waals surface area contributed by atoms with Gasteiger partial charge in [0.25, 0.3) is 0 Å². The lowest BCUT2D eigenvalue weighted by Gasteiger charge is -2.38. The van der Waals surface area contributed by atoms with Crippen molar-refractivity contribution in [3.63, 3.8) is 0 Å². The van der Waals surface area contributed by atoms with Crippen LogP contribution < -0.4 is 21.1 Å². The average Bonchev–Trinajstić information content (AvgIpc) is 3.13. The molecule has 304 valence electrons. The Morgan fingerprint density at radius 2 is 1.56 bits per heavy atom. The largest absolute Gasteiger partial charge is 0.507 e. The van der Waals surface area contributed by atoms with Crippen LogP contribution in [0, 0.1) is 10.7 Å². The van der Waals surface area contributed by atoms with Gasteiger partial charge in [-0.2, -0.15) is 13.2 Å². The molecule has 1 aliphatic heterocycles. The smallest absolute Gasteiger partial charge is 0.434 e. The van der Waals surface area contributed by atoms with Crippen LogP contribution in [0.3, 0.4) is 0 Å². The van der Waals surface area contributed by atoms with Crippen molar-refractivity contribution in [1.82, 2.24) is 15.3 Å². The highest BCUT2D eigenvalue weighted by Gasteiger charge is 2.39. The van der Waals surface area contributed by atoms with E-state index < -0.39 is 42.3 Å². The number of anilines is 1. The third kappa shape index (κ3) is 15.1. The number of halogens is 6. The molecule has 7 N–H and O–H groups in total. The Kier molecular flexibility index (Phi) is 19.0. The Morgan fingerprint density at radius 1 is 0.927 bits per heavy atom. The number of rotatable bonds is 21. The highest BCUT2D eigenvalue weighted by molar-refractivity contribution is 14.1. The third-order valence-corrected chi connectivity index (χ3v) is 10.3. The number of ether oxygens (including phenoxy) is 6. The number of phenolic OH excluding ortho intramolecular Hbond substituents is 1. The number of amides is 1.